The number of nitrogens with zero attached hydrogens (tertiary/aromatic N) is 1. The van der Waals surface area contributed by atoms with Gasteiger partial charge in [-0.1, -0.05) is 23.7 Å². The lowest BCUT2D eigenvalue weighted by molar-refractivity contribution is 1.05. The minimum Gasteiger partial charge on any atom is -0.325 e. The highest BCUT2D eigenvalue weighted by Crippen LogP contribution is 2.13. The molecule has 0 atom stereocenters. The number of aromatic nitrogens is 1. The van der Waals surface area contributed by atoms with Gasteiger partial charge in [-0.3, -0.25) is 4.79 Å². The fraction of sp³-hybridized carbons (Fsp3) is 0.143. The van der Waals surface area contributed by atoms with Crippen LogP contribution >= 0.6 is 11.6 Å². The van der Waals surface area contributed by atoms with Gasteiger partial charge in [0.2, 0.25) is 0 Å². The zero-order chi connectivity index (χ0) is 13.1. The summed E-state index contributed by atoms with van der Waals surface area (Å²) in [4.78, 5) is 14.5. The lowest BCUT2D eigenvalue weighted by Crippen LogP contribution is -2.15. The Morgan fingerprint density at radius 1 is 1.33 bits per heavy atom. The second kappa shape index (κ2) is 5.07. The average molecular weight is 259 g/mol. The second-order valence-corrected chi connectivity index (χ2v) is 4.51. The Labute approximate surface area is 110 Å². The number of nitrogens with one attached hydrogen (secondary N) is 1. The molecule has 0 amide bonds. The van der Waals surface area contributed by atoms with Crippen LogP contribution in [0.4, 0.5) is 0 Å². The van der Waals surface area contributed by atoms with Gasteiger partial charge in [0.25, 0.3) is 5.56 Å². The molecule has 0 bridgehead atoms. The number of benzene rings is 1. The maximum Gasteiger partial charge on any atom is 0.251 e. The van der Waals surface area contributed by atoms with Crippen LogP contribution < -0.4 is 5.56 Å². The predicted molar refractivity (Wildman–Crippen MR) is 70.8 cm³/mol. The van der Waals surface area contributed by atoms with Gasteiger partial charge in [-0.2, -0.15) is 5.26 Å². The molecule has 0 aliphatic heterocycles. The number of nitriles is 1. The first-order valence-corrected chi connectivity index (χ1v) is 5.85. The Kier molecular flexibility index (Phi) is 3.50. The molecule has 0 aliphatic carbocycles. The Hall–Kier alpha value is -2.05. The van der Waals surface area contributed by atoms with Gasteiger partial charge in [-0.05, 0) is 30.7 Å². The number of hydrogen-bond donors (Lipinski definition) is 1. The fourth-order valence-electron chi connectivity index (χ4n) is 1.74. The average Bonchev–Trinajstić information content (AvgIpc) is 2.35. The van der Waals surface area contributed by atoms with Crippen LogP contribution in [0.15, 0.2) is 35.1 Å². The zero-order valence-electron chi connectivity index (χ0n) is 9.83. The third-order valence-corrected chi connectivity index (χ3v) is 3.00. The first kappa shape index (κ1) is 12.4. The molecule has 0 saturated carbocycles. The molecular formula is C14H11ClN2O. The smallest absolute Gasteiger partial charge is 0.251 e. The minimum atomic E-state index is -0.151. The summed E-state index contributed by atoms with van der Waals surface area (Å²) in [6.07, 6.45) is 0.488. The maximum atomic E-state index is 11.8. The Morgan fingerprint density at radius 3 is 2.61 bits per heavy atom. The van der Waals surface area contributed by atoms with Crippen LogP contribution in [-0.2, 0) is 6.42 Å². The van der Waals surface area contributed by atoms with Gasteiger partial charge >= 0.3 is 0 Å². The molecule has 3 nitrogen and oxygen atoms in total. The second-order valence-electron chi connectivity index (χ2n) is 4.08. The molecule has 1 heterocycles. The molecule has 1 N–H and O–H groups in total. The number of rotatable bonds is 2. The van der Waals surface area contributed by atoms with Crippen LogP contribution in [0.2, 0.25) is 5.02 Å². The van der Waals surface area contributed by atoms with E-state index in [4.69, 9.17) is 16.9 Å². The molecular weight excluding hydrogens is 248 g/mol. The monoisotopic (exact) mass is 258 g/mol. The van der Waals surface area contributed by atoms with Crippen molar-refractivity contribution in [3.63, 3.8) is 0 Å². The summed E-state index contributed by atoms with van der Waals surface area (Å²) in [5.41, 5.74) is 2.51. The van der Waals surface area contributed by atoms with E-state index in [-0.39, 0.29) is 5.56 Å². The first-order chi connectivity index (χ1) is 8.60. The van der Waals surface area contributed by atoms with Gasteiger partial charge in [0.1, 0.15) is 6.07 Å². The van der Waals surface area contributed by atoms with Gasteiger partial charge in [0.15, 0.2) is 0 Å². The standard InChI is InChI=1S/C14H11ClN2O/c1-9-12(8-16)7-11(14(18)17-9)6-10-2-4-13(15)5-3-10/h2-5,7H,6H2,1H3,(H,17,18). The zero-order valence-corrected chi connectivity index (χ0v) is 10.6. The van der Waals surface area contributed by atoms with Crippen molar-refractivity contribution in [1.29, 1.82) is 5.26 Å². The van der Waals surface area contributed by atoms with Crippen LogP contribution in [0.25, 0.3) is 0 Å². The first-order valence-electron chi connectivity index (χ1n) is 5.47. The highest BCUT2D eigenvalue weighted by molar-refractivity contribution is 6.30. The normalized spacial score (nSPS) is 10.1. The van der Waals surface area contributed by atoms with Crippen LogP contribution in [0.1, 0.15) is 22.4 Å². The summed E-state index contributed by atoms with van der Waals surface area (Å²) in [6, 6.07) is 11.0. The SMILES string of the molecule is Cc1[nH]c(=O)c(Cc2ccc(Cl)cc2)cc1C#N. The van der Waals surface area contributed by atoms with Crippen molar-refractivity contribution in [1.82, 2.24) is 4.98 Å². The molecule has 0 spiro atoms. The highest BCUT2D eigenvalue weighted by atomic mass is 35.5. The van der Waals surface area contributed by atoms with Crippen molar-refractivity contribution in [2.75, 3.05) is 0 Å². The number of pyridine rings is 1. The molecule has 18 heavy (non-hydrogen) atoms. The molecule has 0 saturated heterocycles. The third kappa shape index (κ3) is 2.61. The predicted octanol–water partition coefficient (Wildman–Crippen LogP) is 2.80. The molecule has 0 radical (unpaired) electrons. The van der Waals surface area contributed by atoms with Crippen molar-refractivity contribution in [2.24, 2.45) is 0 Å². The van der Waals surface area contributed by atoms with Crippen molar-refractivity contribution in [2.45, 2.75) is 13.3 Å². The molecule has 0 aliphatic rings. The Bertz CT molecular complexity index is 666. The maximum absolute atomic E-state index is 11.8. The van der Waals surface area contributed by atoms with Gasteiger partial charge in [0, 0.05) is 22.7 Å². The summed E-state index contributed by atoms with van der Waals surface area (Å²) >= 11 is 5.80. The van der Waals surface area contributed by atoms with Crippen LogP contribution in [0.5, 0.6) is 0 Å². The Balaban J connectivity index is 2.38. The van der Waals surface area contributed by atoms with Crippen molar-refractivity contribution in [3.8, 4) is 6.07 Å². The Morgan fingerprint density at radius 2 is 2.00 bits per heavy atom. The van der Waals surface area contributed by atoms with Crippen LogP contribution in [0.3, 0.4) is 0 Å². The summed E-state index contributed by atoms with van der Waals surface area (Å²) in [5.74, 6) is 0. The van der Waals surface area contributed by atoms with Crippen molar-refractivity contribution in [3.05, 3.63) is 68.1 Å². The van der Waals surface area contributed by atoms with Gasteiger partial charge in [-0.25, -0.2) is 0 Å². The number of aryl methyl sites for hydroxylation is 1. The number of hydrogen-bond acceptors (Lipinski definition) is 2. The molecule has 2 aromatic rings. The van der Waals surface area contributed by atoms with Crippen molar-refractivity contribution >= 4 is 11.6 Å². The third-order valence-electron chi connectivity index (χ3n) is 2.74. The lowest BCUT2D eigenvalue weighted by atomic mass is 10.0. The van der Waals surface area contributed by atoms with Crippen molar-refractivity contribution < 1.29 is 0 Å². The quantitative estimate of drug-likeness (QED) is 0.901. The summed E-state index contributed by atoms with van der Waals surface area (Å²) in [5, 5.41) is 9.61. The van der Waals surface area contributed by atoms with E-state index in [0.29, 0.717) is 28.3 Å². The molecule has 0 fully saturated rings. The van der Waals surface area contributed by atoms with E-state index in [0.717, 1.165) is 5.56 Å². The number of aromatic amines is 1. The van der Waals surface area contributed by atoms with Gasteiger partial charge < -0.3 is 4.98 Å². The number of halogens is 1. The van der Waals surface area contributed by atoms with E-state index in [1.54, 1.807) is 25.1 Å². The molecule has 4 heteroatoms. The van der Waals surface area contributed by atoms with Crippen LogP contribution in [-0.4, -0.2) is 4.98 Å². The molecule has 1 aromatic heterocycles. The molecule has 90 valence electrons. The summed E-state index contributed by atoms with van der Waals surface area (Å²) in [7, 11) is 0. The van der Waals surface area contributed by atoms with E-state index >= 15 is 0 Å². The number of H-pyrrole nitrogens is 1. The molecule has 2 rings (SSSR count). The summed E-state index contributed by atoms with van der Waals surface area (Å²) in [6.45, 7) is 1.71. The fourth-order valence-corrected chi connectivity index (χ4v) is 1.86. The lowest BCUT2D eigenvalue weighted by Gasteiger charge is -2.04. The van der Waals surface area contributed by atoms with Crippen LogP contribution in [0, 0.1) is 18.3 Å². The highest BCUT2D eigenvalue weighted by Gasteiger charge is 2.06. The molecule has 0 unspecified atom stereocenters. The topological polar surface area (TPSA) is 56.6 Å². The minimum absolute atomic E-state index is 0.151. The van der Waals surface area contributed by atoms with E-state index < -0.39 is 0 Å². The largest absolute Gasteiger partial charge is 0.325 e. The molecule has 1 aromatic carbocycles. The van der Waals surface area contributed by atoms with Gasteiger partial charge in [-0.15, -0.1) is 0 Å². The van der Waals surface area contributed by atoms with E-state index in [2.05, 4.69) is 11.1 Å². The van der Waals surface area contributed by atoms with E-state index in [1.807, 2.05) is 12.1 Å². The summed E-state index contributed by atoms with van der Waals surface area (Å²) < 4.78 is 0. The van der Waals surface area contributed by atoms with E-state index in [1.165, 1.54) is 0 Å². The van der Waals surface area contributed by atoms with Gasteiger partial charge in [0.05, 0.1) is 5.56 Å². The van der Waals surface area contributed by atoms with E-state index in [9.17, 15) is 4.79 Å².